The molecule has 1 aromatic rings. The Kier molecular flexibility index (Phi) is 4.63. The zero-order valence-electron chi connectivity index (χ0n) is 9.93. The molecule has 0 saturated heterocycles. The molecule has 0 aliphatic heterocycles. The number of aromatic hydroxyl groups is 1. The average Bonchev–Trinajstić information content (AvgIpc) is 2.19. The van der Waals surface area contributed by atoms with Gasteiger partial charge in [0.25, 0.3) is 0 Å². The third kappa shape index (κ3) is 3.56. The second-order valence-electron chi connectivity index (χ2n) is 4.12. The number of unbranched alkanes of at least 4 members (excludes halogenated alkanes) is 1. The van der Waals surface area contributed by atoms with Crippen molar-refractivity contribution < 1.29 is 5.11 Å². The van der Waals surface area contributed by atoms with E-state index in [1.54, 1.807) is 0 Å². The lowest BCUT2D eigenvalue weighted by atomic mass is 10.1. The molecule has 0 atom stereocenters. The predicted molar refractivity (Wildman–Crippen MR) is 64.2 cm³/mol. The van der Waals surface area contributed by atoms with Crippen LogP contribution >= 0.6 is 0 Å². The van der Waals surface area contributed by atoms with Gasteiger partial charge in [0, 0.05) is 12.1 Å². The molecule has 0 spiro atoms. The quantitative estimate of drug-likeness (QED) is 0.728. The summed E-state index contributed by atoms with van der Waals surface area (Å²) >= 11 is 0. The monoisotopic (exact) mass is 207 g/mol. The van der Waals surface area contributed by atoms with Gasteiger partial charge in [-0.25, -0.2) is 0 Å². The molecule has 2 nitrogen and oxygen atoms in total. The lowest BCUT2D eigenvalue weighted by Crippen LogP contribution is -2.14. The van der Waals surface area contributed by atoms with Crippen LogP contribution in [0, 0.1) is 13.8 Å². The zero-order valence-corrected chi connectivity index (χ0v) is 9.93. The van der Waals surface area contributed by atoms with Gasteiger partial charge in [0.15, 0.2) is 0 Å². The van der Waals surface area contributed by atoms with Crippen molar-refractivity contribution in [3.8, 4) is 5.75 Å². The maximum atomic E-state index is 9.84. The molecular weight excluding hydrogens is 186 g/mol. The molecule has 15 heavy (non-hydrogen) atoms. The third-order valence-electron chi connectivity index (χ3n) is 2.55. The minimum Gasteiger partial charge on any atom is -0.507 e. The Morgan fingerprint density at radius 3 is 2.67 bits per heavy atom. The van der Waals surface area contributed by atoms with E-state index in [0.29, 0.717) is 5.75 Å². The summed E-state index contributed by atoms with van der Waals surface area (Å²) in [5.74, 6) is 0.435. The van der Waals surface area contributed by atoms with Crippen molar-refractivity contribution in [1.82, 2.24) is 5.32 Å². The molecule has 0 aromatic heterocycles. The Balaban J connectivity index is 2.60. The Morgan fingerprint density at radius 2 is 2.00 bits per heavy atom. The molecule has 0 bridgehead atoms. The summed E-state index contributed by atoms with van der Waals surface area (Å²) < 4.78 is 0. The Hall–Kier alpha value is -1.02. The molecule has 1 aromatic carbocycles. The first-order valence-electron chi connectivity index (χ1n) is 5.65. The highest BCUT2D eigenvalue weighted by Gasteiger charge is 2.04. The van der Waals surface area contributed by atoms with Gasteiger partial charge in [-0.3, -0.25) is 0 Å². The molecule has 0 saturated carbocycles. The van der Waals surface area contributed by atoms with E-state index in [4.69, 9.17) is 0 Å². The lowest BCUT2D eigenvalue weighted by molar-refractivity contribution is 0.459. The first-order chi connectivity index (χ1) is 7.15. The van der Waals surface area contributed by atoms with Crippen molar-refractivity contribution in [3.05, 3.63) is 28.8 Å². The van der Waals surface area contributed by atoms with Crippen LogP contribution in [0.1, 0.15) is 36.5 Å². The summed E-state index contributed by atoms with van der Waals surface area (Å²) in [6.45, 7) is 7.95. The first kappa shape index (κ1) is 12.1. The summed E-state index contributed by atoms with van der Waals surface area (Å²) in [5, 5.41) is 13.2. The summed E-state index contributed by atoms with van der Waals surface area (Å²) in [5.41, 5.74) is 3.17. The van der Waals surface area contributed by atoms with Crippen LogP contribution in [-0.2, 0) is 6.54 Å². The molecule has 0 radical (unpaired) electrons. The van der Waals surface area contributed by atoms with Crippen LogP contribution in [0.5, 0.6) is 5.75 Å². The number of phenolic OH excluding ortho intramolecular Hbond substituents is 1. The van der Waals surface area contributed by atoms with E-state index in [2.05, 4.69) is 19.2 Å². The van der Waals surface area contributed by atoms with E-state index in [0.717, 1.165) is 24.2 Å². The fourth-order valence-corrected chi connectivity index (χ4v) is 1.71. The molecule has 0 aliphatic rings. The van der Waals surface area contributed by atoms with Crippen molar-refractivity contribution in [3.63, 3.8) is 0 Å². The van der Waals surface area contributed by atoms with Crippen molar-refractivity contribution >= 4 is 0 Å². The van der Waals surface area contributed by atoms with Crippen LogP contribution in [0.3, 0.4) is 0 Å². The maximum absolute atomic E-state index is 9.84. The number of rotatable bonds is 5. The van der Waals surface area contributed by atoms with Gasteiger partial charge in [0.05, 0.1) is 0 Å². The minimum absolute atomic E-state index is 0.435. The number of nitrogens with one attached hydrogen (secondary N) is 1. The summed E-state index contributed by atoms with van der Waals surface area (Å²) in [6, 6.07) is 4.05. The van der Waals surface area contributed by atoms with Gasteiger partial charge in [0.2, 0.25) is 0 Å². The van der Waals surface area contributed by atoms with Gasteiger partial charge in [-0.2, -0.15) is 0 Å². The van der Waals surface area contributed by atoms with Crippen LogP contribution in [0.25, 0.3) is 0 Å². The molecule has 1 rings (SSSR count). The number of phenols is 1. The second kappa shape index (κ2) is 5.76. The van der Waals surface area contributed by atoms with Crippen LogP contribution in [0.15, 0.2) is 12.1 Å². The molecule has 2 heteroatoms. The smallest absolute Gasteiger partial charge is 0.122 e. The molecule has 0 fully saturated rings. The van der Waals surface area contributed by atoms with Crippen LogP contribution in [-0.4, -0.2) is 11.7 Å². The predicted octanol–water partition coefficient (Wildman–Crippen LogP) is 2.90. The topological polar surface area (TPSA) is 32.3 Å². The fraction of sp³-hybridized carbons (Fsp3) is 0.538. The molecule has 0 unspecified atom stereocenters. The van der Waals surface area contributed by atoms with E-state index < -0.39 is 0 Å². The van der Waals surface area contributed by atoms with Crippen LogP contribution < -0.4 is 5.32 Å². The van der Waals surface area contributed by atoms with Gasteiger partial charge >= 0.3 is 0 Å². The fourth-order valence-electron chi connectivity index (χ4n) is 1.71. The maximum Gasteiger partial charge on any atom is 0.122 e. The van der Waals surface area contributed by atoms with Crippen LogP contribution in [0.2, 0.25) is 0 Å². The number of benzene rings is 1. The van der Waals surface area contributed by atoms with Gasteiger partial charge in [-0.05, 0) is 32.4 Å². The number of hydrogen-bond acceptors (Lipinski definition) is 2. The highest BCUT2D eigenvalue weighted by Crippen LogP contribution is 2.23. The molecule has 0 amide bonds. The first-order valence-corrected chi connectivity index (χ1v) is 5.65. The highest BCUT2D eigenvalue weighted by atomic mass is 16.3. The normalized spacial score (nSPS) is 10.6. The minimum atomic E-state index is 0.435. The molecular formula is C13H21NO. The summed E-state index contributed by atoms with van der Waals surface area (Å²) in [7, 11) is 0. The van der Waals surface area contributed by atoms with Gasteiger partial charge in [-0.15, -0.1) is 0 Å². The second-order valence-corrected chi connectivity index (χ2v) is 4.12. The van der Waals surface area contributed by atoms with E-state index in [1.807, 2.05) is 19.1 Å². The largest absolute Gasteiger partial charge is 0.507 e. The molecule has 2 N–H and O–H groups in total. The van der Waals surface area contributed by atoms with E-state index >= 15 is 0 Å². The Labute approximate surface area is 92.3 Å². The van der Waals surface area contributed by atoms with E-state index in [-0.39, 0.29) is 0 Å². The van der Waals surface area contributed by atoms with Crippen LogP contribution in [0.4, 0.5) is 0 Å². The van der Waals surface area contributed by atoms with Crippen molar-refractivity contribution in [1.29, 1.82) is 0 Å². The molecule has 84 valence electrons. The lowest BCUT2D eigenvalue weighted by Gasteiger charge is -2.09. The number of hydrogen-bond donors (Lipinski definition) is 2. The Bertz CT molecular complexity index is 321. The van der Waals surface area contributed by atoms with E-state index in [1.165, 1.54) is 18.4 Å². The molecule has 0 heterocycles. The van der Waals surface area contributed by atoms with E-state index in [9.17, 15) is 5.11 Å². The Morgan fingerprint density at radius 1 is 1.27 bits per heavy atom. The highest BCUT2D eigenvalue weighted by molar-refractivity contribution is 5.42. The summed E-state index contributed by atoms with van der Waals surface area (Å²) in [6.07, 6.45) is 2.39. The van der Waals surface area contributed by atoms with Gasteiger partial charge < -0.3 is 10.4 Å². The standard InChI is InChI=1S/C13H21NO/c1-4-5-6-14-9-12-8-10(2)7-11(3)13(12)15/h7-8,14-15H,4-6,9H2,1-3H3. The van der Waals surface area contributed by atoms with Crippen molar-refractivity contribution in [2.24, 2.45) is 0 Å². The van der Waals surface area contributed by atoms with Crippen molar-refractivity contribution in [2.45, 2.75) is 40.2 Å². The zero-order chi connectivity index (χ0) is 11.3. The average molecular weight is 207 g/mol. The third-order valence-corrected chi connectivity index (χ3v) is 2.55. The van der Waals surface area contributed by atoms with Crippen molar-refractivity contribution in [2.75, 3.05) is 6.54 Å². The summed E-state index contributed by atoms with van der Waals surface area (Å²) in [4.78, 5) is 0. The molecule has 0 aliphatic carbocycles. The van der Waals surface area contributed by atoms with Gasteiger partial charge in [0.1, 0.15) is 5.75 Å². The SMILES string of the molecule is CCCCNCc1cc(C)cc(C)c1O. The number of aryl methyl sites for hydroxylation is 2. The van der Waals surface area contributed by atoms with Gasteiger partial charge in [-0.1, -0.05) is 31.0 Å².